The standard InChI is InChI=1S/C24H28N4O4/c1-14-2-5-18(26-23(29)16-4-7-21-22(11-16)32-9-8-31-21)12-20(14)27-24(30)15-3-6-19-17(10-15)13-25-28-19/h2,4-5,7,11-12,15,17,19,25,28H,3,6,8-10,13H2,1H3,(H,26,29)(H,27,30). The second-order valence-corrected chi connectivity index (χ2v) is 8.73. The summed E-state index contributed by atoms with van der Waals surface area (Å²) in [6, 6.07) is 11.2. The number of fused-ring (bicyclic) bond motifs is 2. The van der Waals surface area contributed by atoms with Gasteiger partial charge in [0.05, 0.1) is 0 Å². The van der Waals surface area contributed by atoms with Crippen molar-refractivity contribution in [2.75, 3.05) is 30.4 Å². The molecule has 168 valence electrons. The lowest BCUT2D eigenvalue weighted by molar-refractivity contribution is -0.121. The number of carbonyl (C=O) groups excluding carboxylic acids is 2. The smallest absolute Gasteiger partial charge is 0.255 e. The molecule has 3 atom stereocenters. The maximum atomic E-state index is 12.9. The Morgan fingerprint density at radius 2 is 1.84 bits per heavy atom. The number of amides is 2. The van der Waals surface area contributed by atoms with E-state index < -0.39 is 0 Å². The van der Waals surface area contributed by atoms with Crippen molar-refractivity contribution in [2.45, 2.75) is 32.2 Å². The molecule has 1 saturated heterocycles. The number of hydrogen-bond acceptors (Lipinski definition) is 6. The van der Waals surface area contributed by atoms with Crippen LogP contribution in [0.15, 0.2) is 36.4 Å². The van der Waals surface area contributed by atoms with Crippen LogP contribution in [0, 0.1) is 18.8 Å². The van der Waals surface area contributed by atoms with Crippen LogP contribution in [0.4, 0.5) is 11.4 Å². The summed E-state index contributed by atoms with van der Waals surface area (Å²) in [7, 11) is 0. The van der Waals surface area contributed by atoms with Crippen LogP contribution in [0.2, 0.25) is 0 Å². The molecule has 8 heteroatoms. The van der Waals surface area contributed by atoms with E-state index in [2.05, 4.69) is 21.5 Å². The first-order valence-corrected chi connectivity index (χ1v) is 11.2. The van der Waals surface area contributed by atoms with E-state index in [1.54, 1.807) is 18.2 Å². The normalized spacial score (nSPS) is 23.8. The van der Waals surface area contributed by atoms with Crippen molar-refractivity contribution >= 4 is 23.2 Å². The Balaban J connectivity index is 1.25. The Hall–Kier alpha value is -3.10. The zero-order valence-electron chi connectivity index (χ0n) is 18.1. The molecule has 2 heterocycles. The number of hydrazine groups is 1. The number of rotatable bonds is 4. The summed E-state index contributed by atoms with van der Waals surface area (Å²) in [5.41, 5.74) is 9.28. The number of nitrogens with one attached hydrogen (secondary N) is 4. The largest absolute Gasteiger partial charge is 0.486 e. The van der Waals surface area contributed by atoms with Crippen LogP contribution in [0.25, 0.3) is 0 Å². The molecular weight excluding hydrogens is 408 g/mol. The summed E-state index contributed by atoms with van der Waals surface area (Å²) in [5, 5.41) is 6.00. The van der Waals surface area contributed by atoms with Crippen LogP contribution in [0.3, 0.4) is 0 Å². The molecule has 8 nitrogen and oxygen atoms in total. The Morgan fingerprint density at radius 3 is 2.72 bits per heavy atom. The second-order valence-electron chi connectivity index (χ2n) is 8.73. The number of hydrogen-bond donors (Lipinski definition) is 4. The average Bonchev–Trinajstić information content (AvgIpc) is 3.29. The van der Waals surface area contributed by atoms with Crippen LogP contribution >= 0.6 is 0 Å². The molecule has 2 amide bonds. The first kappa shape index (κ1) is 20.8. The zero-order valence-corrected chi connectivity index (χ0v) is 18.1. The molecule has 2 aliphatic heterocycles. The van der Waals surface area contributed by atoms with Gasteiger partial charge in [0.25, 0.3) is 5.91 Å². The number of ether oxygens (including phenoxy) is 2. The van der Waals surface area contributed by atoms with Gasteiger partial charge < -0.3 is 20.1 Å². The third-order valence-corrected chi connectivity index (χ3v) is 6.56. The highest BCUT2D eigenvalue weighted by atomic mass is 16.6. The summed E-state index contributed by atoms with van der Waals surface area (Å²) >= 11 is 0. The van der Waals surface area contributed by atoms with Crippen molar-refractivity contribution in [3.8, 4) is 11.5 Å². The van der Waals surface area contributed by atoms with Gasteiger partial charge in [-0.05, 0) is 68.0 Å². The number of carbonyl (C=O) groups is 2. The summed E-state index contributed by atoms with van der Waals surface area (Å²) in [6.45, 7) is 3.83. The van der Waals surface area contributed by atoms with E-state index in [1.165, 1.54) is 0 Å². The quantitative estimate of drug-likeness (QED) is 0.588. The topological polar surface area (TPSA) is 101 Å². The van der Waals surface area contributed by atoms with Gasteiger partial charge >= 0.3 is 0 Å². The van der Waals surface area contributed by atoms with Gasteiger partial charge in [-0.1, -0.05) is 6.07 Å². The van der Waals surface area contributed by atoms with Gasteiger partial charge in [0, 0.05) is 35.4 Å². The van der Waals surface area contributed by atoms with Crippen LogP contribution < -0.4 is 31.0 Å². The fourth-order valence-electron chi connectivity index (χ4n) is 4.70. The highest BCUT2D eigenvalue weighted by Crippen LogP contribution is 2.33. The van der Waals surface area contributed by atoms with Crippen molar-refractivity contribution in [1.82, 2.24) is 10.9 Å². The van der Waals surface area contributed by atoms with Crippen molar-refractivity contribution in [3.05, 3.63) is 47.5 Å². The van der Waals surface area contributed by atoms with E-state index in [4.69, 9.17) is 9.47 Å². The van der Waals surface area contributed by atoms with Crippen LogP contribution in [-0.2, 0) is 4.79 Å². The van der Waals surface area contributed by atoms with Gasteiger partial charge in [0.1, 0.15) is 13.2 Å². The molecule has 2 aromatic carbocycles. The molecule has 3 unspecified atom stereocenters. The van der Waals surface area contributed by atoms with Crippen LogP contribution in [0.5, 0.6) is 11.5 Å². The van der Waals surface area contributed by atoms with E-state index in [-0.39, 0.29) is 17.7 Å². The first-order valence-electron chi connectivity index (χ1n) is 11.2. The van der Waals surface area contributed by atoms with E-state index >= 15 is 0 Å². The molecule has 0 aromatic heterocycles. The second kappa shape index (κ2) is 8.80. The minimum absolute atomic E-state index is 0.00770. The molecule has 0 bridgehead atoms. The van der Waals surface area contributed by atoms with Crippen molar-refractivity contribution < 1.29 is 19.1 Å². The molecule has 2 aromatic rings. The average molecular weight is 437 g/mol. The maximum Gasteiger partial charge on any atom is 0.255 e. The van der Waals surface area contributed by atoms with Gasteiger partial charge in [-0.25, -0.2) is 0 Å². The zero-order chi connectivity index (χ0) is 22.1. The first-order chi connectivity index (χ1) is 15.6. The predicted octanol–water partition coefficient (Wildman–Crippen LogP) is 2.85. The fraction of sp³-hybridized carbons (Fsp3) is 0.417. The van der Waals surface area contributed by atoms with Gasteiger partial charge in [0.15, 0.2) is 11.5 Å². The van der Waals surface area contributed by atoms with Crippen molar-refractivity contribution in [2.24, 2.45) is 11.8 Å². The van der Waals surface area contributed by atoms with E-state index in [1.807, 2.05) is 25.1 Å². The van der Waals surface area contributed by atoms with Gasteiger partial charge in [-0.15, -0.1) is 0 Å². The summed E-state index contributed by atoms with van der Waals surface area (Å²) in [6.07, 6.45) is 2.76. The monoisotopic (exact) mass is 436 g/mol. The van der Waals surface area contributed by atoms with Crippen molar-refractivity contribution in [1.29, 1.82) is 0 Å². The molecular formula is C24H28N4O4. The third kappa shape index (κ3) is 4.28. The van der Waals surface area contributed by atoms with E-state index in [0.29, 0.717) is 47.9 Å². The maximum absolute atomic E-state index is 12.9. The molecule has 1 saturated carbocycles. The minimum atomic E-state index is -0.248. The number of anilines is 2. The lowest BCUT2D eigenvalue weighted by Gasteiger charge is -2.30. The SMILES string of the molecule is Cc1ccc(NC(=O)c2ccc3c(c2)OCCO3)cc1NC(=O)C1CCC2NNCC2C1. The highest BCUT2D eigenvalue weighted by molar-refractivity contribution is 6.05. The van der Waals surface area contributed by atoms with Gasteiger partial charge in [-0.3, -0.25) is 20.4 Å². The van der Waals surface area contributed by atoms with Gasteiger partial charge in [-0.2, -0.15) is 0 Å². The minimum Gasteiger partial charge on any atom is -0.486 e. The van der Waals surface area contributed by atoms with E-state index in [9.17, 15) is 9.59 Å². The summed E-state index contributed by atoms with van der Waals surface area (Å²) < 4.78 is 11.1. The van der Waals surface area contributed by atoms with Crippen molar-refractivity contribution in [3.63, 3.8) is 0 Å². The molecule has 0 spiro atoms. The molecule has 4 N–H and O–H groups in total. The molecule has 5 rings (SSSR count). The number of benzene rings is 2. The predicted molar refractivity (Wildman–Crippen MR) is 121 cm³/mol. The Bertz CT molecular complexity index is 1040. The van der Waals surface area contributed by atoms with E-state index in [0.717, 1.165) is 37.1 Å². The lowest BCUT2D eigenvalue weighted by Crippen LogP contribution is -2.38. The molecule has 3 aliphatic rings. The number of aryl methyl sites for hydroxylation is 1. The van der Waals surface area contributed by atoms with Gasteiger partial charge in [0.2, 0.25) is 5.91 Å². The molecule has 0 radical (unpaired) electrons. The lowest BCUT2D eigenvalue weighted by atomic mass is 9.78. The Morgan fingerprint density at radius 1 is 1.00 bits per heavy atom. The molecule has 1 aliphatic carbocycles. The third-order valence-electron chi connectivity index (χ3n) is 6.56. The molecule has 2 fully saturated rings. The Labute approximate surface area is 187 Å². The fourth-order valence-corrected chi connectivity index (χ4v) is 4.70. The molecule has 32 heavy (non-hydrogen) atoms. The van der Waals surface area contributed by atoms with Crippen LogP contribution in [0.1, 0.15) is 35.2 Å². The summed E-state index contributed by atoms with van der Waals surface area (Å²) in [4.78, 5) is 25.7. The Kier molecular flexibility index (Phi) is 5.71. The van der Waals surface area contributed by atoms with Crippen LogP contribution in [-0.4, -0.2) is 37.6 Å². The highest BCUT2D eigenvalue weighted by Gasteiger charge is 2.36. The summed E-state index contributed by atoms with van der Waals surface area (Å²) in [5.74, 6) is 1.52.